The summed E-state index contributed by atoms with van der Waals surface area (Å²) in [6.45, 7) is 6.30. The van der Waals surface area contributed by atoms with E-state index in [1.165, 1.54) is 16.7 Å². The van der Waals surface area contributed by atoms with Crippen LogP contribution in [0.4, 0.5) is 4.79 Å². The molecule has 1 aromatic rings. The van der Waals surface area contributed by atoms with Crippen LogP contribution in [0.1, 0.15) is 16.7 Å². The largest absolute Gasteiger partial charge is 0.352 e. The Balaban J connectivity index is 2.34. The van der Waals surface area contributed by atoms with Gasteiger partial charge in [-0.15, -0.1) is 0 Å². The summed E-state index contributed by atoms with van der Waals surface area (Å²) >= 11 is 0. The molecule has 0 radical (unpaired) electrons. The molecule has 0 saturated carbocycles. The molecule has 16 heavy (non-hydrogen) atoms. The first-order chi connectivity index (χ1) is 7.61. The van der Waals surface area contributed by atoms with Crippen molar-refractivity contribution in [1.82, 2.24) is 10.6 Å². The first-order valence-electron chi connectivity index (χ1n) is 5.40. The lowest BCUT2D eigenvalue weighted by Gasteiger charge is -2.10. The van der Waals surface area contributed by atoms with Crippen LogP contribution in [0.3, 0.4) is 0 Å². The number of urea groups is 1. The summed E-state index contributed by atoms with van der Waals surface area (Å²) in [6, 6.07) is 5.79. The van der Waals surface area contributed by atoms with Crippen molar-refractivity contribution < 1.29 is 4.79 Å². The SMILES string of the molecule is Cc1cccc(C)c1CNCCNC(N)=O. The van der Waals surface area contributed by atoms with Crippen molar-refractivity contribution in [3.63, 3.8) is 0 Å². The number of carbonyl (C=O) groups excluding carboxylic acids is 1. The monoisotopic (exact) mass is 221 g/mol. The summed E-state index contributed by atoms with van der Waals surface area (Å²) in [5, 5.41) is 5.81. The zero-order valence-electron chi connectivity index (χ0n) is 9.84. The third-order valence-electron chi connectivity index (χ3n) is 2.55. The van der Waals surface area contributed by atoms with Crippen LogP contribution < -0.4 is 16.4 Å². The predicted octanol–water partition coefficient (Wildman–Crippen LogP) is 1.06. The normalized spacial score (nSPS) is 10.1. The lowest BCUT2D eigenvalue weighted by molar-refractivity contribution is 0.249. The maximum atomic E-state index is 10.4. The number of aryl methyl sites for hydroxylation is 2. The van der Waals surface area contributed by atoms with Crippen molar-refractivity contribution >= 4 is 6.03 Å². The molecule has 4 heteroatoms. The zero-order valence-corrected chi connectivity index (χ0v) is 9.84. The van der Waals surface area contributed by atoms with E-state index in [4.69, 9.17) is 5.73 Å². The third-order valence-corrected chi connectivity index (χ3v) is 2.55. The smallest absolute Gasteiger partial charge is 0.312 e. The van der Waals surface area contributed by atoms with E-state index in [-0.39, 0.29) is 0 Å². The Morgan fingerprint density at radius 2 is 1.88 bits per heavy atom. The number of hydrogen-bond donors (Lipinski definition) is 3. The molecule has 0 aromatic heterocycles. The van der Waals surface area contributed by atoms with Gasteiger partial charge in [-0.3, -0.25) is 0 Å². The fraction of sp³-hybridized carbons (Fsp3) is 0.417. The van der Waals surface area contributed by atoms with Gasteiger partial charge in [0.05, 0.1) is 0 Å². The molecule has 0 unspecified atom stereocenters. The molecule has 0 aliphatic heterocycles. The van der Waals surface area contributed by atoms with Gasteiger partial charge in [0.2, 0.25) is 0 Å². The number of rotatable bonds is 5. The van der Waals surface area contributed by atoms with E-state index in [0.717, 1.165) is 13.1 Å². The van der Waals surface area contributed by atoms with Gasteiger partial charge in [0.15, 0.2) is 0 Å². The van der Waals surface area contributed by atoms with E-state index < -0.39 is 6.03 Å². The van der Waals surface area contributed by atoms with Gasteiger partial charge in [-0.05, 0) is 30.5 Å². The topological polar surface area (TPSA) is 67.2 Å². The second-order valence-corrected chi connectivity index (χ2v) is 3.84. The average Bonchev–Trinajstić information content (AvgIpc) is 2.21. The summed E-state index contributed by atoms with van der Waals surface area (Å²) < 4.78 is 0. The second-order valence-electron chi connectivity index (χ2n) is 3.84. The Morgan fingerprint density at radius 3 is 2.44 bits per heavy atom. The Kier molecular flexibility index (Phi) is 4.79. The van der Waals surface area contributed by atoms with Crippen LogP contribution in [-0.2, 0) is 6.54 Å². The van der Waals surface area contributed by atoms with E-state index in [9.17, 15) is 4.79 Å². The van der Waals surface area contributed by atoms with E-state index in [0.29, 0.717) is 6.54 Å². The predicted molar refractivity (Wildman–Crippen MR) is 65.2 cm³/mol. The molecule has 0 aliphatic rings. The second kappa shape index (κ2) is 6.12. The number of hydrogen-bond acceptors (Lipinski definition) is 2. The highest BCUT2D eigenvalue weighted by Gasteiger charge is 2.00. The van der Waals surface area contributed by atoms with Gasteiger partial charge in [-0.1, -0.05) is 18.2 Å². The molecule has 1 aromatic carbocycles. The standard InChI is InChI=1S/C12H19N3O/c1-9-4-3-5-10(2)11(9)8-14-6-7-15-12(13)16/h3-5,14H,6-8H2,1-2H3,(H3,13,15,16). The first kappa shape index (κ1) is 12.5. The van der Waals surface area contributed by atoms with Gasteiger partial charge in [0.25, 0.3) is 0 Å². The molecule has 4 N–H and O–H groups in total. The molecule has 1 rings (SSSR count). The van der Waals surface area contributed by atoms with Crippen LogP contribution >= 0.6 is 0 Å². The Labute approximate surface area is 96.2 Å². The highest BCUT2D eigenvalue weighted by Crippen LogP contribution is 2.12. The van der Waals surface area contributed by atoms with Gasteiger partial charge < -0.3 is 16.4 Å². The molecular weight excluding hydrogens is 202 g/mol. The molecule has 0 saturated heterocycles. The van der Waals surface area contributed by atoms with Crippen LogP contribution in [0.2, 0.25) is 0 Å². The van der Waals surface area contributed by atoms with Crippen LogP contribution in [0, 0.1) is 13.8 Å². The van der Waals surface area contributed by atoms with Gasteiger partial charge in [-0.25, -0.2) is 4.79 Å². The van der Waals surface area contributed by atoms with E-state index in [1.807, 2.05) is 0 Å². The fourth-order valence-electron chi connectivity index (χ4n) is 1.62. The van der Waals surface area contributed by atoms with Gasteiger partial charge in [0.1, 0.15) is 0 Å². The van der Waals surface area contributed by atoms with Crippen molar-refractivity contribution in [3.8, 4) is 0 Å². The molecule has 0 fully saturated rings. The third kappa shape index (κ3) is 3.90. The van der Waals surface area contributed by atoms with Crippen molar-refractivity contribution in [1.29, 1.82) is 0 Å². The molecule has 2 amide bonds. The molecular formula is C12H19N3O. The highest BCUT2D eigenvalue weighted by molar-refractivity contribution is 5.71. The minimum atomic E-state index is -0.478. The fourth-order valence-corrected chi connectivity index (χ4v) is 1.62. The molecule has 0 bridgehead atoms. The number of amides is 2. The van der Waals surface area contributed by atoms with E-state index >= 15 is 0 Å². The minimum Gasteiger partial charge on any atom is -0.352 e. The van der Waals surface area contributed by atoms with Crippen LogP contribution in [0.5, 0.6) is 0 Å². The zero-order chi connectivity index (χ0) is 12.0. The van der Waals surface area contributed by atoms with Crippen LogP contribution in [0.25, 0.3) is 0 Å². The summed E-state index contributed by atoms with van der Waals surface area (Å²) in [5.74, 6) is 0. The van der Waals surface area contributed by atoms with Crippen molar-refractivity contribution in [2.24, 2.45) is 5.73 Å². The maximum Gasteiger partial charge on any atom is 0.312 e. The molecule has 4 nitrogen and oxygen atoms in total. The summed E-state index contributed by atoms with van der Waals surface area (Å²) in [4.78, 5) is 10.4. The maximum absolute atomic E-state index is 10.4. The van der Waals surface area contributed by atoms with Crippen molar-refractivity contribution in [3.05, 3.63) is 34.9 Å². The number of nitrogens with two attached hydrogens (primary N) is 1. The molecule has 0 atom stereocenters. The van der Waals surface area contributed by atoms with Crippen molar-refractivity contribution in [2.45, 2.75) is 20.4 Å². The Morgan fingerprint density at radius 1 is 1.25 bits per heavy atom. The quantitative estimate of drug-likeness (QED) is 0.651. The number of carbonyl (C=O) groups is 1. The molecule has 0 heterocycles. The summed E-state index contributed by atoms with van der Waals surface area (Å²) in [6.07, 6.45) is 0. The molecule has 0 spiro atoms. The first-order valence-corrected chi connectivity index (χ1v) is 5.40. The number of primary amides is 1. The van der Waals surface area contributed by atoms with E-state index in [1.54, 1.807) is 0 Å². The average molecular weight is 221 g/mol. The number of nitrogens with one attached hydrogen (secondary N) is 2. The Bertz CT molecular complexity index is 343. The lowest BCUT2D eigenvalue weighted by atomic mass is 10.0. The van der Waals surface area contributed by atoms with Gasteiger partial charge >= 0.3 is 6.03 Å². The summed E-state index contributed by atoms with van der Waals surface area (Å²) in [7, 11) is 0. The lowest BCUT2D eigenvalue weighted by Crippen LogP contribution is -2.35. The molecule has 0 aliphatic carbocycles. The number of benzene rings is 1. The molecule has 88 valence electrons. The van der Waals surface area contributed by atoms with Gasteiger partial charge in [0, 0.05) is 19.6 Å². The van der Waals surface area contributed by atoms with Gasteiger partial charge in [-0.2, -0.15) is 0 Å². The van der Waals surface area contributed by atoms with E-state index in [2.05, 4.69) is 42.7 Å². The Hall–Kier alpha value is -1.55. The highest BCUT2D eigenvalue weighted by atomic mass is 16.2. The minimum absolute atomic E-state index is 0.478. The summed E-state index contributed by atoms with van der Waals surface area (Å²) in [5.41, 5.74) is 8.85. The van der Waals surface area contributed by atoms with Crippen molar-refractivity contribution in [2.75, 3.05) is 13.1 Å². The van der Waals surface area contributed by atoms with Crippen LogP contribution in [-0.4, -0.2) is 19.1 Å². The van der Waals surface area contributed by atoms with Crippen LogP contribution in [0.15, 0.2) is 18.2 Å².